The highest BCUT2D eigenvalue weighted by Crippen LogP contribution is 2.47. The maximum Gasteiger partial charge on any atom is 0.416 e. The molecule has 2 unspecified atom stereocenters. The van der Waals surface area contributed by atoms with Gasteiger partial charge in [-0.15, -0.1) is 23.5 Å². The summed E-state index contributed by atoms with van der Waals surface area (Å²) in [7, 11) is 4.09. The number of amides is 2. The van der Waals surface area contributed by atoms with Gasteiger partial charge in [0, 0.05) is 67.8 Å². The number of hydrogen-bond acceptors (Lipinski definition) is 7. The van der Waals surface area contributed by atoms with Crippen molar-refractivity contribution < 1.29 is 22.8 Å². The maximum absolute atomic E-state index is 12.9. The molecule has 2 saturated carbocycles. The Labute approximate surface area is 317 Å². The van der Waals surface area contributed by atoms with Gasteiger partial charge in [0.1, 0.15) is 10.7 Å². The van der Waals surface area contributed by atoms with Crippen molar-refractivity contribution >= 4 is 41.0 Å². The second-order valence-corrected chi connectivity index (χ2v) is 16.4. The van der Waals surface area contributed by atoms with Crippen LogP contribution in [0.3, 0.4) is 0 Å². The van der Waals surface area contributed by atoms with Crippen LogP contribution in [-0.2, 0) is 15.8 Å². The van der Waals surface area contributed by atoms with Crippen molar-refractivity contribution in [1.82, 2.24) is 19.8 Å². The highest BCUT2D eigenvalue weighted by atomic mass is 32.2. The monoisotopic (exact) mass is 759 g/mol. The quantitative estimate of drug-likeness (QED) is 0.186. The van der Waals surface area contributed by atoms with E-state index in [2.05, 4.69) is 50.1 Å². The van der Waals surface area contributed by atoms with Gasteiger partial charge in [0.15, 0.2) is 0 Å². The van der Waals surface area contributed by atoms with Gasteiger partial charge in [0.2, 0.25) is 11.8 Å². The molecule has 4 fully saturated rings. The van der Waals surface area contributed by atoms with E-state index in [4.69, 9.17) is 0 Å². The van der Waals surface area contributed by atoms with Crippen LogP contribution in [0.2, 0.25) is 0 Å². The molecule has 2 aliphatic heterocycles. The van der Waals surface area contributed by atoms with Crippen LogP contribution < -0.4 is 4.90 Å². The van der Waals surface area contributed by atoms with Crippen molar-refractivity contribution in [3.63, 3.8) is 0 Å². The lowest BCUT2D eigenvalue weighted by atomic mass is 9.99. The third-order valence-electron chi connectivity index (χ3n) is 10.7. The second kappa shape index (κ2) is 16.1. The number of hydrogen-bond donors (Lipinski definition) is 0. The number of carbonyl (C=O) groups is 2. The summed E-state index contributed by atoms with van der Waals surface area (Å²) in [5, 5.41) is -0.00184. The van der Waals surface area contributed by atoms with Gasteiger partial charge in [0.25, 0.3) is 0 Å². The molecule has 0 N–H and O–H groups in total. The lowest BCUT2D eigenvalue weighted by molar-refractivity contribution is -0.137. The van der Waals surface area contributed by atoms with Gasteiger partial charge in [-0.3, -0.25) is 19.6 Å². The predicted octanol–water partition coefficient (Wildman–Crippen LogP) is 9.62. The van der Waals surface area contributed by atoms with Crippen molar-refractivity contribution in [1.29, 1.82) is 0 Å². The van der Waals surface area contributed by atoms with Crippen LogP contribution in [0.25, 0.3) is 22.3 Å². The molecule has 0 spiro atoms. The van der Waals surface area contributed by atoms with Gasteiger partial charge in [-0.1, -0.05) is 49.9 Å². The fraction of sp³-hybridized carbons (Fsp3) is 0.415. The van der Waals surface area contributed by atoms with Gasteiger partial charge < -0.3 is 14.7 Å². The van der Waals surface area contributed by atoms with Crippen LogP contribution >= 0.6 is 23.5 Å². The smallest absolute Gasteiger partial charge is 0.378 e. The zero-order chi connectivity index (χ0) is 37.1. The number of anilines is 1. The van der Waals surface area contributed by atoms with Crippen molar-refractivity contribution in [3.05, 3.63) is 102 Å². The van der Waals surface area contributed by atoms with E-state index in [-0.39, 0.29) is 28.6 Å². The van der Waals surface area contributed by atoms with Gasteiger partial charge in [-0.05, 0) is 84.3 Å². The van der Waals surface area contributed by atoms with Crippen molar-refractivity contribution in [2.45, 2.75) is 80.4 Å². The highest BCUT2D eigenvalue weighted by molar-refractivity contribution is 8.00. The molecule has 2 aliphatic carbocycles. The van der Waals surface area contributed by atoms with Gasteiger partial charge >= 0.3 is 6.18 Å². The molecule has 278 valence electrons. The number of alkyl halides is 3. The van der Waals surface area contributed by atoms with Crippen molar-refractivity contribution in [2.24, 2.45) is 0 Å². The standard InChI is InChI=1S/C21H25N3OS.C20H19F3N2OS/c1-23(2)16-9-7-15(8-10-16)19-13-22-12-11-18(19)21-24(20(25)14-26-21)17-5-3-4-6-17;21-20(22,23)14-7-5-13(6-8-14)17-11-24-10-9-16(17)19-25(18(26)12-27-19)15-3-1-2-4-15/h7-13,17,21H,3-6,14H2,1-2H3;5-11,15,19H,1-4,12H2. The highest BCUT2D eigenvalue weighted by Gasteiger charge is 2.41. The fourth-order valence-electron chi connectivity index (χ4n) is 8.01. The summed E-state index contributed by atoms with van der Waals surface area (Å²) < 4.78 is 38.6. The minimum atomic E-state index is -4.36. The third kappa shape index (κ3) is 8.09. The lowest BCUT2D eigenvalue weighted by Gasteiger charge is -2.31. The van der Waals surface area contributed by atoms with Crippen LogP contribution in [0.1, 0.15) is 78.8 Å². The maximum atomic E-state index is 12.9. The Balaban J connectivity index is 0.000000164. The predicted molar refractivity (Wildman–Crippen MR) is 207 cm³/mol. The Morgan fingerprint density at radius 3 is 1.45 bits per heavy atom. The summed E-state index contributed by atoms with van der Waals surface area (Å²) in [6, 6.07) is 18.3. The van der Waals surface area contributed by atoms with Crippen molar-refractivity contribution in [2.75, 3.05) is 30.5 Å². The minimum absolute atomic E-state index is 0.108. The number of carbonyl (C=O) groups excluding carboxylic acids is 2. The lowest BCUT2D eigenvalue weighted by Crippen LogP contribution is -2.36. The van der Waals surface area contributed by atoms with E-state index in [1.807, 2.05) is 37.5 Å². The van der Waals surface area contributed by atoms with E-state index in [9.17, 15) is 22.8 Å². The molecule has 2 aromatic heterocycles. The Morgan fingerprint density at radius 2 is 1.06 bits per heavy atom. The first kappa shape index (κ1) is 37.3. The van der Waals surface area contributed by atoms with Crippen LogP contribution in [0.4, 0.5) is 18.9 Å². The molecule has 12 heteroatoms. The molecule has 7 nitrogen and oxygen atoms in total. The van der Waals surface area contributed by atoms with Crippen molar-refractivity contribution in [3.8, 4) is 22.3 Å². The molecule has 4 aliphatic rings. The van der Waals surface area contributed by atoms with E-state index in [1.54, 1.807) is 35.9 Å². The molecule has 2 saturated heterocycles. The Morgan fingerprint density at radius 1 is 0.642 bits per heavy atom. The molecule has 0 bridgehead atoms. The molecule has 4 aromatic rings. The first-order chi connectivity index (χ1) is 25.6. The molecule has 0 radical (unpaired) electrons. The van der Waals surface area contributed by atoms with E-state index >= 15 is 0 Å². The number of aromatic nitrogens is 2. The summed E-state index contributed by atoms with van der Waals surface area (Å²) in [5.41, 5.74) is 6.40. The number of pyridine rings is 2. The van der Waals surface area contributed by atoms with Gasteiger partial charge in [-0.2, -0.15) is 13.2 Å². The second-order valence-electron chi connectivity index (χ2n) is 14.2. The summed E-state index contributed by atoms with van der Waals surface area (Å²) in [5.74, 6) is 1.46. The van der Waals surface area contributed by atoms with E-state index in [1.165, 1.54) is 36.2 Å². The van der Waals surface area contributed by atoms with E-state index in [0.29, 0.717) is 23.1 Å². The number of halogens is 3. The molecule has 4 heterocycles. The Bertz CT molecular complexity index is 1900. The topological polar surface area (TPSA) is 69.6 Å². The summed E-state index contributed by atoms with van der Waals surface area (Å²) >= 11 is 3.34. The van der Waals surface area contributed by atoms with Crippen LogP contribution in [-0.4, -0.2) is 69.3 Å². The summed E-state index contributed by atoms with van der Waals surface area (Å²) in [6.45, 7) is 0. The van der Waals surface area contributed by atoms with Gasteiger partial charge in [-0.25, -0.2) is 0 Å². The number of thioether (sulfide) groups is 2. The van der Waals surface area contributed by atoms with E-state index < -0.39 is 11.7 Å². The van der Waals surface area contributed by atoms with Gasteiger partial charge in [0.05, 0.1) is 17.1 Å². The zero-order valence-corrected chi connectivity index (χ0v) is 31.6. The van der Waals surface area contributed by atoms with Crippen LogP contribution in [0, 0.1) is 0 Å². The molecular weight excluding hydrogens is 716 g/mol. The molecule has 2 aromatic carbocycles. The first-order valence-electron chi connectivity index (χ1n) is 18.3. The molecule has 2 atom stereocenters. The Kier molecular flexibility index (Phi) is 11.4. The van der Waals surface area contributed by atoms with Crippen LogP contribution in [0.5, 0.6) is 0 Å². The van der Waals surface area contributed by atoms with E-state index in [0.717, 1.165) is 72.9 Å². The fourth-order valence-corrected chi connectivity index (χ4v) is 10.6. The molecule has 2 amide bonds. The van der Waals surface area contributed by atoms with Crippen LogP contribution in [0.15, 0.2) is 85.5 Å². The zero-order valence-electron chi connectivity index (χ0n) is 30.0. The largest absolute Gasteiger partial charge is 0.416 e. The average Bonchev–Trinajstić information content (AvgIpc) is 4.00. The Hall–Kier alpha value is -4.03. The minimum Gasteiger partial charge on any atom is -0.378 e. The summed E-state index contributed by atoms with van der Waals surface area (Å²) in [6.07, 6.45) is 11.8. The summed E-state index contributed by atoms with van der Waals surface area (Å²) in [4.78, 5) is 39.9. The first-order valence-corrected chi connectivity index (χ1v) is 20.4. The third-order valence-corrected chi connectivity index (χ3v) is 13.1. The normalized spacial score (nSPS) is 21.0. The molecule has 53 heavy (non-hydrogen) atoms. The average molecular weight is 760 g/mol. The number of nitrogens with zero attached hydrogens (tertiary/aromatic N) is 5. The number of benzene rings is 2. The molecular formula is C41H44F3N5O2S2. The SMILES string of the molecule is CN(C)c1ccc(-c2cnccc2C2SCC(=O)N2C2CCCC2)cc1.O=C1CSC(c2ccncc2-c2ccc(C(F)(F)F)cc2)N1C1CCCC1. The number of rotatable bonds is 7. The molecule has 8 rings (SSSR count).